The number of carbonyl (C=O) groups is 2. The molecule has 0 radical (unpaired) electrons. The minimum absolute atomic E-state index is 0.232. The van der Waals surface area contributed by atoms with Crippen molar-refractivity contribution in [2.75, 3.05) is 0 Å². The predicted octanol–water partition coefficient (Wildman–Crippen LogP) is 8.02. The van der Waals surface area contributed by atoms with Gasteiger partial charge in [-0.2, -0.15) is 0 Å². The van der Waals surface area contributed by atoms with Gasteiger partial charge in [0, 0.05) is 16.1 Å². The zero-order chi connectivity index (χ0) is 30.4. The van der Waals surface area contributed by atoms with Crippen LogP contribution in [-0.4, -0.2) is 17.0 Å². The minimum atomic E-state index is -1.66. The van der Waals surface area contributed by atoms with Gasteiger partial charge in [0.25, 0.3) is 5.91 Å². The smallest absolute Gasteiger partial charge is 0.343 e. The Morgan fingerprint density at radius 2 is 1.38 bits per heavy atom. The van der Waals surface area contributed by atoms with E-state index in [0.717, 1.165) is 22.3 Å². The fourth-order valence-corrected chi connectivity index (χ4v) is 5.90. The fourth-order valence-electron chi connectivity index (χ4n) is 5.77. The summed E-state index contributed by atoms with van der Waals surface area (Å²) < 4.78 is 6.00. The lowest BCUT2D eigenvalue weighted by molar-refractivity contribution is -0.144. The summed E-state index contributed by atoms with van der Waals surface area (Å²) in [5.74, 6) is -1.07. The summed E-state index contributed by atoms with van der Waals surface area (Å²) in [5.41, 5.74) is 1.47. The molecule has 4 aromatic rings. The summed E-state index contributed by atoms with van der Waals surface area (Å²) in [6.45, 7) is 12.3. The van der Waals surface area contributed by atoms with Gasteiger partial charge in [0.15, 0.2) is 5.54 Å². The van der Waals surface area contributed by atoms with Crippen molar-refractivity contribution in [1.29, 1.82) is 0 Å². The maximum Gasteiger partial charge on any atom is 0.343 e. The van der Waals surface area contributed by atoms with E-state index < -0.39 is 34.2 Å². The maximum absolute atomic E-state index is 14.4. The first-order chi connectivity index (χ1) is 19.7. The van der Waals surface area contributed by atoms with E-state index in [-0.39, 0.29) is 5.75 Å². The van der Waals surface area contributed by atoms with Gasteiger partial charge in [-0.15, -0.1) is 0 Å². The molecule has 4 aromatic carbocycles. The van der Waals surface area contributed by atoms with Crippen LogP contribution in [-0.2, 0) is 21.2 Å². The molecule has 2 atom stereocenters. The van der Waals surface area contributed by atoms with Crippen LogP contribution in [0.2, 0.25) is 5.02 Å². The molecular formula is C36H36ClNO4. The third-order valence-corrected chi connectivity index (χ3v) is 8.17. The van der Waals surface area contributed by atoms with Crippen LogP contribution >= 0.6 is 11.6 Å². The predicted molar refractivity (Wildman–Crippen MR) is 166 cm³/mol. The molecule has 0 fully saturated rings. The third-order valence-electron chi connectivity index (χ3n) is 7.92. The molecule has 1 aliphatic rings. The van der Waals surface area contributed by atoms with Crippen LogP contribution < -0.4 is 10.1 Å². The molecule has 0 saturated carbocycles. The maximum atomic E-state index is 14.4. The Bertz CT molecular complexity index is 1610. The van der Waals surface area contributed by atoms with Gasteiger partial charge in [-0.3, -0.25) is 4.79 Å². The Balaban J connectivity index is 1.88. The van der Waals surface area contributed by atoms with Crippen LogP contribution in [0.1, 0.15) is 85.6 Å². The number of hydrogen-bond acceptors (Lipinski definition) is 4. The molecule has 0 spiro atoms. The van der Waals surface area contributed by atoms with Gasteiger partial charge >= 0.3 is 5.97 Å². The zero-order valence-electron chi connectivity index (χ0n) is 24.8. The van der Waals surface area contributed by atoms with Crippen LogP contribution in [0.4, 0.5) is 0 Å². The second-order valence-corrected chi connectivity index (χ2v) is 13.4. The Labute approximate surface area is 252 Å². The van der Waals surface area contributed by atoms with Gasteiger partial charge in [-0.05, 0) is 63.4 Å². The van der Waals surface area contributed by atoms with Crippen LogP contribution in [0.25, 0.3) is 0 Å². The lowest BCUT2D eigenvalue weighted by atomic mass is 9.67. The molecule has 0 bridgehead atoms. The van der Waals surface area contributed by atoms with Crippen molar-refractivity contribution in [2.45, 2.75) is 63.8 Å². The molecule has 42 heavy (non-hydrogen) atoms. The summed E-state index contributed by atoms with van der Waals surface area (Å²) in [6.07, 6.45) is 0. The molecule has 216 valence electrons. The van der Waals surface area contributed by atoms with Gasteiger partial charge in [-0.1, -0.05) is 114 Å². The standard InChI is InChI=1S/C36H36ClNO4/c1-34(2,3)27-20-23(21-28(31(27)39)35(4,5)6)30-26-14-10-11-15-29(26)42-33(41)36(30,24-16-18-25(37)19-17-24)38-32(40)22-12-8-7-9-13-22/h7-21,30,39H,1-6H3,(H,38,40)/t30-,36+/m1/s1. The number of fused-ring (bicyclic) bond motifs is 1. The molecule has 1 amide bonds. The van der Waals surface area contributed by atoms with Gasteiger partial charge < -0.3 is 15.2 Å². The van der Waals surface area contributed by atoms with Crippen molar-refractivity contribution in [3.8, 4) is 11.5 Å². The molecule has 0 unspecified atom stereocenters. The first-order valence-corrected chi connectivity index (χ1v) is 14.4. The van der Waals surface area contributed by atoms with E-state index >= 15 is 0 Å². The number of rotatable bonds is 4. The quantitative estimate of drug-likeness (QED) is 0.189. The number of amides is 1. The summed E-state index contributed by atoms with van der Waals surface area (Å²) in [4.78, 5) is 28.3. The first kappa shape index (κ1) is 29.4. The Kier molecular flexibility index (Phi) is 7.44. The van der Waals surface area contributed by atoms with Crippen molar-refractivity contribution in [3.05, 3.63) is 129 Å². The largest absolute Gasteiger partial charge is 0.507 e. The number of para-hydroxylation sites is 1. The summed E-state index contributed by atoms with van der Waals surface area (Å²) >= 11 is 6.30. The number of phenols is 1. The molecule has 0 saturated heterocycles. The molecule has 1 heterocycles. The van der Waals surface area contributed by atoms with E-state index in [9.17, 15) is 14.7 Å². The van der Waals surface area contributed by atoms with Crippen molar-refractivity contribution in [3.63, 3.8) is 0 Å². The van der Waals surface area contributed by atoms with E-state index in [1.54, 1.807) is 54.6 Å². The minimum Gasteiger partial charge on any atom is -0.507 e. The summed E-state index contributed by atoms with van der Waals surface area (Å²) in [7, 11) is 0. The van der Waals surface area contributed by atoms with E-state index in [4.69, 9.17) is 16.3 Å². The van der Waals surface area contributed by atoms with E-state index in [1.165, 1.54) is 0 Å². The highest BCUT2D eigenvalue weighted by molar-refractivity contribution is 6.30. The molecule has 1 aliphatic heterocycles. The first-order valence-electron chi connectivity index (χ1n) is 14.1. The summed E-state index contributed by atoms with van der Waals surface area (Å²) in [6, 6.07) is 27.0. The topological polar surface area (TPSA) is 75.6 Å². The number of ether oxygens (including phenoxy) is 1. The Morgan fingerprint density at radius 1 is 0.833 bits per heavy atom. The van der Waals surface area contributed by atoms with E-state index in [2.05, 4.69) is 5.32 Å². The molecular weight excluding hydrogens is 546 g/mol. The normalized spacial score (nSPS) is 18.6. The molecule has 6 heteroatoms. The van der Waals surface area contributed by atoms with Crippen molar-refractivity contribution >= 4 is 23.5 Å². The molecule has 0 aliphatic carbocycles. The number of carbonyl (C=O) groups excluding carboxylic acids is 2. The van der Waals surface area contributed by atoms with Crippen LogP contribution in [0.5, 0.6) is 11.5 Å². The summed E-state index contributed by atoms with van der Waals surface area (Å²) in [5, 5.41) is 15.2. The van der Waals surface area contributed by atoms with Crippen LogP contribution in [0.3, 0.4) is 0 Å². The van der Waals surface area contributed by atoms with Crippen LogP contribution in [0.15, 0.2) is 91.0 Å². The molecule has 5 rings (SSSR count). The number of benzene rings is 4. The van der Waals surface area contributed by atoms with Crippen molar-refractivity contribution < 1.29 is 19.4 Å². The van der Waals surface area contributed by atoms with E-state index in [0.29, 0.717) is 21.9 Å². The SMILES string of the molecule is CC(C)(C)c1cc([C@@H]2c3ccccc3OC(=O)[C@]2(NC(=O)c2ccccc2)c2ccc(Cl)cc2)cc(C(C)(C)C)c1O. The fraction of sp³-hybridized carbons (Fsp3) is 0.278. The van der Waals surface area contributed by atoms with Crippen molar-refractivity contribution in [1.82, 2.24) is 5.32 Å². The molecule has 0 aromatic heterocycles. The highest BCUT2D eigenvalue weighted by Crippen LogP contribution is 2.52. The second kappa shape index (κ2) is 10.6. The van der Waals surface area contributed by atoms with Crippen molar-refractivity contribution in [2.24, 2.45) is 0 Å². The monoisotopic (exact) mass is 581 g/mol. The van der Waals surface area contributed by atoms with E-state index in [1.807, 2.05) is 77.9 Å². The number of hydrogen-bond donors (Lipinski definition) is 2. The highest BCUT2D eigenvalue weighted by Gasteiger charge is 2.55. The number of nitrogens with one attached hydrogen (secondary N) is 1. The lowest BCUT2D eigenvalue weighted by Gasteiger charge is -2.44. The zero-order valence-corrected chi connectivity index (χ0v) is 25.5. The molecule has 5 nitrogen and oxygen atoms in total. The Hall–Kier alpha value is -4.09. The van der Waals surface area contributed by atoms with Gasteiger partial charge in [0.2, 0.25) is 0 Å². The Morgan fingerprint density at radius 3 is 1.95 bits per heavy atom. The number of esters is 1. The average molecular weight is 582 g/mol. The number of aromatic hydroxyl groups is 1. The van der Waals surface area contributed by atoms with Crippen LogP contribution in [0, 0.1) is 0 Å². The number of phenolic OH excluding ortho intramolecular Hbond substituents is 1. The highest BCUT2D eigenvalue weighted by atomic mass is 35.5. The third kappa shape index (κ3) is 5.18. The lowest BCUT2D eigenvalue weighted by Crippen LogP contribution is -2.59. The molecule has 2 N–H and O–H groups in total. The van der Waals surface area contributed by atoms with Gasteiger partial charge in [0.05, 0.1) is 5.92 Å². The second-order valence-electron chi connectivity index (χ2n) is 13.0. The average Bonchev–Trinajstić information content (AvgIpc) is 2.93. The van der Waals surface area contributed by atoms with Gasteiger partial charge in [0.1, 0.15) is 11.5 Å². The van der Waals surface area contributed by atoms with Gasteiger partial charge in [-0.25, -0.2) is 4.79 Å². The number of halogens is 1.